The van der Waals surface area contributed by atoms with Gasteiger partial charge in [0, 0.05) is 81.2 Å². The summed E-state index contributed by atoms with van der Waals surface area (Å²) in [4.78, 5) is 24.5. The van der Waals surface area contributed by atoms with Crippen molar-refractivity contribution in [1.29, 1.82) is 0 Å². The number of carbonyl (C=O) groups excluding carboxylic acids is 1. The molecule has 6 N–H and O–H groups in total. The van der Waals surface area contributed by atoms with Crippen LogP contribution in [0, 0.1) is 0 Å². The summed E-state index contributed by atoms with van der Waals surface area (Å²) in [6.45, 7) is 12.0. The zero-order chi connectivity index (χ0) is 45.1. The van der Waals surface area contributed by atoms with Crippen LogP contribution in [0.25, 0.3) is 32.3 Å². The Kier molecular flexibility index (Phi) is 42.2. The molecule has 3 aromatic carbocycles. The number of aromatic nitrogens is 3. The van der Waals surface area contributed by atoms with Gasteiger partial charge in [-0.3, -0.25) is 4.79 Å². The smallest absolute Gasteiger partial charge is 1.00 e. The van der Waals surface area contributed by atoms with Gasteiger partial charge in [-0.2, -0.15) is 0 Å². The first kappa shape index (κ1) is 70.5. The molecule has 6 aromatic rings. The van der Waals surface area contributed by atoms with Crippen molar-refractivity contribution in [3.8, 4) is 0 Å². The van der Waals surface area contributed by atoms with Crippen molar-refractivity contribution in [2.45, 2.75) is 179 Å². The molecule has 10 nitrogen and oxygen atoms in total. The molecule has 3 aliphatic rings. The van der Waals surface area contributed by atoms with Crippen LogP contribution in [0.3, 0.4) is 0 Å². The van der Waals surface area contributed by atoms with Gasteiger partial charge in [-0.15, -0.1) is 0 Å². The molecule has 3 aliphatic carbocycles. The van der Waals surface area contributed by atoms with E-state index in [1.165, 1.54) is 26.9 Å². The second kappa shape index (κ2) is 40.8. The molecule has 373 valence electrons. The van der Waals surface area contributed by atoms with Gasteiger partial charge in [0.2, 0.25) is 0 Å². The van der Waals surface area contributed by atoms with Gasteiger partial charge in [-0.25, -0.2) is 15.0 Å². The standard InChI is InChI=1S/2C15H18N2O.C15H16N2O.3C2H6.CH4O.4CH4.B.Na.H/c3*18-14-7-5-13(6-8-14)17-15-9-11-3-1-2-4-12(11)10-16-15;4*1-2;;;;;;;/h2*1-4,9-10,13-14,18H,5-8H2,(H,16,17);1-4,9-10,13H,5-8H2,(H,16,17);3*1-2H3;2H,1H3;4*1H4;;;/q;;;;;;;;;;;;+1;-1. The first-order valence-corrected chi connectivity index (χ1v) is 23.1. The van der Waals surface area contributed by atoms with Gasteiger partial charge in [0.1, 0.15) is 23.2 Å². The maximum Gasteiger partial charge on any atom is 1.00 e. The monoisotopic (exact) mass is 946 g/mol. The van der Waals surface area contributed by atoms with E-state index in [4.69, 9.17) is 5.11 Å². The SMILES string of the molecule is C.C.C.C.CC.CC.CC.CO.O=C1CCC(Nc2cc3ccccc3cn2)CC1.OC1CCC(Nc2cc3ccccc3cn2)CC1.OC1CCC(Nc2cc3ccccc3cn2)CC1.[B].[H-].[Na+]. The molecule has 3 heterocycles. The van der Waals surface area contributed by atoms with Gasteiger partial charge < -0.3 is 32.7 Å². The number of carbonyl (C=O) groups is 1. The summed E-state index contributed by atoms with van der Waals surface area (Å²) in [5.41, 5.74) is 0. The largest absolute Gasteiger partial charge is 1.00 e. The van der Waals surface area contributed by atoms with Crippen molar-refractivity contribution in [2.75, 3.05) is 23.1 Å². The Bertz CT molecular complexity index is 2050. The van der Waals surface area contributed by atoms with Crippen molar-refractivity contribution in [2.24, 2.45) is 0 Å². The fourth-order valence-electron chi connectivity index (χ4n) is 7.64. The molecule has 3 radical (unpaired) electrons. The van der Waals surface area contributed by atoms with Crippen molar-refractivity contribution < 1.29 is 51.1 Å². The molecule has 3 saturated carbocycles. The topological polar surface area (TPSA) is 153 Å². The van der Waals surface area contributed by atoms with Crippen LogP contribution in [0.4, 0.5) is 17.5 Å². The predicted molar refractivity (Wildman–Crippen MR) is 296 cm³/mol. The average molecular weight is 946 g/mol. The van der Waals surface area contributed by atoms with E-state index in [0.29, 0.717) is 36.8 Å². The van der Waals surface area contributed by atoms with Crippen LogP contribution in [-0.4, -0.2) is 81.9 Å². The first-order chi connectivity index (χ1) is 30.4. The third-order valence-corrected chi connectivity index (χ3v) is 10.9. The predicted octanol–water partition coefficient (Wildman–Crippen LogP) is 11.0. The fourth-order valence-corrected chi connectivity index (χ4v) is 7.64. The minimum atomic E-state index is -0.104. The maximum absolute atomic E-state index is 11.2. The zero-order valence-electron chi connectivity index (χ0n) is 40.9. The average Bonchev–Trinajstić information content (AvgIpc) is 3.34. The number of hydrogen-bond acceptors (Lipinski definition) is 10. The molecular formula is C56H91BN6NaO4. The molecule has 0 bridgehead atoms. The number of Topliss-reactive ketones (excluding diaryl/α,β-unsaturated/α-hetero) is 1. The van der Waals surface area contributed by atoms with E-state index in [1.807, 2.05) is 96.5 Å². The number of anilines is 3. The third kappa shape index (κ3) is 24.0. The van der Waals surface area contributed by atoms with Crippen LogP contribution < -0.4 is 45.5 Å². The number of nitrogens with zero attached hydrogens (tertiary/aromatic N) is 3. The Balaban J connectivity index is -0.000000264. The molecule has 0 atom stereocenters. The van der Waals surface area contributed by atoms with E-state index in [-0.39, 0.29) is 81.3 Å². The van der Waals surface area contributed by atoms with Crippen LogP contribution >= 0.6 is 0 Å². The van der Waals surface area contributed by atoms with E-state index in [2.05, 4.69) is 85.5 Å². The first-order valence-electron chi connectivity index (χ1n) is 23.1. The summed E-state index contributed by atoms with van der Waals surface area (Å²) in [5.74, 6) is 3.18. The summed E-state index contributed by atoms with van der Waals surface area (Å²) in [7, 11) is 1.00. The third-order valence-electron chi connectivity index (χ3n) is 10.9. The molecule has 0 amide bonds. The molecule has 3 fully saturated rings. The van der Waals surface area contributed by atoms with Gasteiger partial charge in [0.15, 0.2) is 0 Å². The number of pyridine rings is 3. The molecule has 68 heavy (non-hydrogen) atoms. The summed E-state index contributed by atoms with van der Waals surface area (Å²) < 4.78 is 0. The van der Waals surface area contributed by atoms with Gasteiger partial charge in [-0.1, -0.05) is 144 Å². The summed E-state index contributed by atoms with van der Waals surface area (Å²) >= 11 is 0. The number of ketones is 1. The van der Waals surface area contributed by atoms with Crippen LogP contribution in [0.1, 0.15) is 150 Å². The number of aliphatic hydroxyl groups excluding tert-OH is 3. The fraction of sp³-hybridized carbons (Fsp3) is 0.500. The normalized spacial score (nSPS) is 17.6. The van der Waals surface area contributed by atoms with Crippen molar-refractivity contribution in [1.82, 2.24) is 15.0 Å². The number of hydrogen-bond donors (Lipinski definition) is 6. The number of fused-ring (bicyclic) bond motifs is 3. The van der Waals surface area contributed by atoms with Crippen LogP contribution in [0.5, 0.6) is 0 Å². The van der Waals surface area contributed by atoms with E-state index in [0.717, 1.165) is 94.2 Å². The van der Waals surface area contributed by atoms with Crippen molar-refractivity contribution in [3.63, 3.8) is 0 Å². The van der Waals surface area contributed by atoms with Gasteiger partial charge >= 0.3 is 29.6 Å². The second-order valence-electron chi connectivity index (χ2n) is 15.0. The number of benzene rings is 3. The second-order valence-corrected chi connectivity index (χ2v) is 15.0. The Labute approximate surface area is 438 Å². The molecule has 0 saturated heterocycles. The number of nitrogens with one attached hydrogen (secondary N) is 3. The minimum Gasteiger partial charge on any atom is -1.00 e. The Hall–Kier alpha value is -4.10. The van der Waals surface area contributed by atoms with Gasteiger partial charge in [0.25, 0.3) is 0 Å². The molecular weight excluding hydrogens is 854 g/mol. The Morgan fingerprint density at radius 3 is 0.941 bits per heavy atom. The number of rotatable bonds is 6. The van der Waals surface area contributed by atoms with Crippen LogP contribution in [-0.2, 0) is 4.79 Å². The molecule has 12 heteroatoms. The minimum absolute atomic E-state index is 0. The summed E-state index contributed by atoms with van der Waals surface area (Å²) in [6, 6.07) is 32.2. The maximum atomic E-state index is 11.2. The van der Waals surface area contributed by atoms with E-state index >= 15 is 0 Å². The van der Waals surface area contributed by atoms with Gasteiger partial charge in [0.05, 0.1) is 12.2 Å². The molecule has 3 aromatic heterocycles. The van der Waals surface area contributed by atoms with E-state index in [1.54, 1.807) is 0 Å². The number of aliphatic hydroxyl groups is 3. The zero-order valence-corrected chi connectivity index (χ0v) is 41.9. The summed E-state index contributed by atoms with van der Waals surface area (Å²) in [6.07, 6.45) is 16.4. The van der Waals surface area contributed by atoms with E-state index < -0.39 is 0 Å². The molecule has 9 rings (SSSR count). The summed E-state index contributed by atoms with van der Waals surface area (Å²) in [5, 5.41) is 43.5. The van der Waals surface area contributed by atoms with E-state index in [9.17, 15) is 15.0 Å². The Morgan fingerprint density at radius 2 is 0.676 bits per heavy atom. The molecule has 0 aliphatic heterocycles. The van der Waals surface area contributed by atoms with Crippen molar-refractivity contribution >= 4 is 64.0 Å². The quantitative estimate of drug-likeness (QED) is 0.0890. The Morgan fingerprint density at radius 1 is 0.441 bits per heavy atom. The van der Waals surface area contributed by atoms with Crippen LogP contribution in [0.15, 0.2) is 110 Å². The van der Waals surface area contributed by atoms with Gasteiger partial charge in [-0.05, 0) is 98.6 Å². The van der Waals surface area contributed by atoms with Crippen LogP contribution in [0.2, 0.25) is 0 Å². The van der Waals surface area contributed by atoms with Crippen molar-refractivity contribution in [3.05, 3.63) is 110 Å². The molecule has 0 unspecified atom stereocenters. The molecule has 0 spiro atoms.